The van der Waals surface area contributed by atoms with E-state index >= 15 is 0 Å². The van der Waals surface area contributed by atoms with Gasteiger partial charge in [0.1, 0.15) is 5.75 Å². The Morgan fingerprint density at radius 1 is 0.903 bits per heavy atom. The quantitative estimate of drug-likeness (QED) is 0.353. The number of hydrogen-bond acceptors (Lipinski definition) is 6. The van der Waals surface area contributed by atoms with Gasteiger partial charge in [-0.3, -0.25) is 0 Å². The highest BCUT2D eigenvalue weighted by atomic mass is 32.2. The van der Waals surface area contributed by atoms with E-state index in [1.54, 1.807) is 7.11 Å². The number of methoxy groups -OCH3 is 1. The summed E-state index contributed by atoms with van der Waals surface area (Å²) in [5.74, 6) is 0.956. The van der Waals surface area contributed by atoms with Crippen LogP contribution < -0.4 is 15.0 Å². The van der Waals surface area contributed by atoms with Crippen molar-refractivity contribution in [2.24, 2.45) is 0 Å². The minimum absolute atomic E-state index is 0.409. The number of nitrogens with zero attached hydrogens (tertiary/aromatic N) is 2. The molecule has 0 aromatic heterocycles. The number of fused-ring (bicyclic) bond motifs is 2. The maximum absolute atomic E-state index is 5.55. The summed E-state index contributed by atoms with van der Waals surface area (Å²) in [6, 6.07) is 23.7. The fourth-order valence-corrected chi connectivity index (χ4v) is 6.18. The Hall–Kier alpha value is -2.28. The molecule has 1 N–H and O–H groups in total. The lowest BCUT2D eigenvalue weighted by Crippen LogP contribution is -2.43. The number of piperazine rings is 1. The molecule has 1 atom stereocenters. The fourth-order valence-electron chi connectivity index (χ4n) is 4.12. The molecule has 0 amide bonds. The smallest absolute Gasteiger partial charge is 0.142 e. The van der Waals surface area contributed by atoms with E-state index in [9.17, 15) is 0 Å². The summed E-state index contributed by atoms with van der Waals surface area (Å²) < 4.78 is 8.05. The largest absolute Gasteiger partial charge is 0.495 e. The SMILES string of the molecule is COc1ccccc1N1CCN(SC(C)c2ccc3c(c2)Nc2ccccc2S3)CC1. The van der Waals surface area contributed by atoms with Crippen LogP contribution in [0.4, 0.5) is 17.1 Å². The molecule has 2 heterocycles. The Bertz CT molecular complexity index is 1070. The topological polar surface area (TPSA) is 27.7 Å². The standard InChI is InChI=1S/C25H27N3OS2/c1-18(19-11-12-25-21(17-19)26-20-7-3-6-10-24(20)30-25)31-28-15-13-27(14-16-28)22-8-4-5-9-23(22)29-2/h3-12,17-18,26H,13-16H2,1-2H3. The zero-order valence-electron chi connectivity index (χ0n) is 17.9. The second-order valence-electron chi connectivity index (χ2n) is 7.81. The molecule has 5 rings (SSSR count). The molecule has 0 spiro atoms. The summed E-state index contributed by atoms with van der Waals surface area (Å²) in [6.07, 6.45) is 0. The van der Waals surface area contributed by atoms with Crippen molar-refractivity contribution in [2.45, 2.75) is 22.0 Å². The van der Waals surface area contributed by atoms with Crippen molar-refractivity contribution in [3.63, 3.8) is 0 Å². The summed E-state index contributed by atoms with van der Waals surface area (Å²) in [5.41, 5.74) is 4.98. The zero-order chi connectivity index (χ0) is 21.2. The van der Waals surface area contributed by atoms with Gasteiger partial charge in [0.25, 0.3) is 0 Å². The molecular weight excluding hydrogens is 422 g/mol. The first-order valence-electron chi connectivity index (χ1n) is 10.7. The van der Waals surface area contributed by atoms with E-state index < -0.39 is 0 Å². The average molecular weight is 450 g/mol. The van der Waals surface area contributed by atoms with Crippen LogP contribution in [0.2, 0.25) is 0 Å². The summed E-state index contributed by atoms with van der Waals surface area (Å²) in [4.78, 5) is 5.01. The van der Waals surface area contributed by atoms with Crippen LogP contribution in [0, 0.1) is 0 Å². The van der Waals surface area contributed by atoms with Crippen molar-refractivity contribution < 1.29 is 4.74 Å². The van der Waals surface area contributed by atoms with Crippen LogP contribution in [0.15, 0.2) is 76.5 Å². The fraction of sp³-hybridized carbons (Fsp3) is 0.280. The highest BCUT2D eigenvalue weighted by molar-refractivity contribution is 7.99. The molecule has 3 aromatic rings. The van der Waals surface area contributed by atoms with Crippen LogP contribution >= 0.6 is 23.7 Å². The summed E-state index contributed by atoms with van der Waals surface area (Å²) in [6.45, 7) is 6.42. The van der Waals surface area contributed by atoms with Crippen molar-refractivity contribution in [2.75, 3.05) is 43.5 Å². The van der Waals surface area contributed by atoms with Gasteiger partial charge < -0.3 is 15.0 Å². The minimum Gasteiger partial charge on any atom is -0.495 e. The van der Waals surface area contributed by atoms with Crippen molar-refractivity contribution in [3.8, 4) is 5.75 Å². The Kier molecular flexibility index (Phi) is 6.03. The van der Waals surface area contributed by atoms with E-state index in [0.717, 1.165) is 31.9 Å². The summed E-state index contributed by atoms with van der Waals surface area (Å²) >= 11 is 3.80. The van der Waals surface area contributed by atoms with Crippen LogP contribution in [0.25, 0.3) is 0 Å². The van der Waals surface area contributed by atoms with E-state index in [4.69, 9.17) is 4.74 Å². The van der Waals surface area contributed by atoms with E-state index in [-0.39, 0.29) is 0 Å². The number of rotatable bonds is 5. The number of hydrogen-bond donors (Lipinski definition) is 1. The molecular formula is C25H27N3OS2. The lowest BCUT2D eigenvalue weighted by Gasteiger charge is -2.37. The number of benzene rings is 3. The Labute approximate surface area is 193 Å². The first-order chi connectivity index (χ1) is 15.2. The first-order valence-corrected chi connectivity index (χ1v) is 12.3. The first kappa shape index (κ1) is 20.6. The van der Waals surface area contributed by atoms with Crippen LogP contribution in [0.5, 0.6) is 5.75 Å². The van der Waals surface area contributed by atoms with Gasteiger partial charge in [-0.1, -0.05) is 54.0 Å². The molecule has 0 saturated carbocycles. The summed E-state index contributed by atoms with van der Waals surface area (Å²) in [5, 5.41) is 4.02. The van der Waals surface area contributed by atoms with Crippen molar-refractivity contribution in [1.29, 1.82) is 0 Å². The number of ether oxygens (including phenoxy) is 1. The molecule has 2 aliphatic heterocycles. The van der Waals surface area contributed by atoms with Crippen LogP contribution in [0.3, 0.4) is 0 Å². The molecule has 2 aliphatic rings. The van der Waals surface area contributed by atoms with E-state index in [0.29, 0.717) is 5.25 Å². The zero-order valence-corrected chi connectivity index (χ0v) is 19.5. The van der Waals surface area contributed by atoms with Gasteiger partial charge >= 0.3 is 0 Å². The predicted molar refractivity (Wildman–Crippen MR) is 133 cm³/mol. The van der Waals surface area contributed by atoms with Gasteiger partial charge in [0.05, 0.1) is 24.2 Å². The van der Waals surface area contributed by atoms with Gasteiger partial charge in [0.15, 0.2) is 0 Å². The second-order valence-corrected chi connectivity index (χ2v) is 10.3. The molecule has 0 bridgehead atoms. The molecule has 4 nitrogen and oxygen atoms in total. The van der Waals surface area contributed by atoms with Gasteiger partial charge in [-0.15, -0.1) is 0 Å². The van der Waals surface area contributed by atoms with Gasteiger partial charge in [-0.2, -0.15) is 0 Å². The number of para-hydroxylation sites is 3. The molecule has 160 valence electrons. The lowest BCUT2D eigenvalue weighted by atomic mass is 10.1. The van der Waals surface area contributed by atoms with Crippen LogP contribution in [-0.4, -0.2) is 37.6 Å². The molecule has 1 fully saturated rings. The van der Waals surface area contributed by atoms with Gasteiger partial charge in [-0.05, 0) is 48.9 Å². The van der Waals surface area contributed by atoms with Gasteiger partial charge in [0.2, 0.25) is 0 Å². The second kappa shape index (κ2) is 9.07. The third-order valence-corrected chi connectivity index (χ3v) is 8.22. The average Bonchev–Trinajstić information content (AvgIpc) is 2.82. The number of nitrogens with one attached hydrogen (secondary N) is 1. The molecule has 0 radical (unpaired) electrons. The Morgan fingerprint density at radius 2 is 1.65 bits per heavy atom. The van der Waals surface area contributed by atoms with Crippen molar-refractivity contribution in [3.05, 3.63) is 72.3 Å². The van der Waals surface area contributed by atoms with Gasteiger partial charge in [0, 0.05) is 41.2 Å². The van der Waals surface area contributed by atoms with Crippen molar-refractivity contribution >= 4 is 40.8 Å². The van der Waals surface area contributed by atoms with Crippen LogP contribution in [0.1, 0.15) is 17.7 Å². The van der Waals surface area contributed by atoms with E-state index in [2.05, 4.69) is 76.0 Å². The molecule has 3 aromatic carbocycles. The monoisotopic (exact) mass is 449 g/mol. The van der Waals surface area contributed by atoms with E-state index in [1.807, 2.05) is 35.8 Å². The molecule has 31 heavy (non-hydrogen) atoms. The maximum Gasteiger partial charge on any atom is 0.142 e. The van der Waals surface area contributed by atoms with Crippen molar-refractivity contribution in [1.82, 2.24) is 4.31 Å². The molecule has 1 unspecified atom stereocenters. The maximum atomic E-state index is 5.55. The predicted octanol–water partition coefficient (Wildman–Crippen LogP) is 6.43. The lowest BCUT2D eigenvalue weighted by molar-refractivity contribution is 0.402. The Morgan fingerprint density at radius 3 is 2.48 bits per heavy atom. The van der Waals surface area contributed by atoms with E-state index in [1.165, 1.54) is 32.4 Å². The third kappa shape index (κ3) is 4.38. The minimum atomic E-state index is 0.409. The molecule has 6 heteroatoms. The van der Waals surface area contributed by atoms with Gasteiger partial charge in [-0.25, -0.2) is 4.31 Å². The summed E-state index contributed by atoms with van der Waals surface area (Å²) in [7, 11) is 1.75. The molecule has 0 aliphatic carbocycles. The normalized spacial score (nSPS) is 16.8. The highest BCUT2D eigenvalue weighted by Crippen LogP contribution is 2.45. The third-order valence-electron chi connectivity index (χ3n) is 5.82. The van der Waals surface area contributed by atoms with Crippen LogP contribution in [-0.2, 0) is 0 Å². The number of anilines is 3. The highest BCUT2D eigenvalue weighted by Gasteiger charge is 2.23. The Balaban J connectivity index is 1.21. The molecule has 1 saturated heterocycles.